The number of hydrogen-bond donors (Lipinski definition) is 3. The quantitative estimate of drug-likeness (QED) is 0.722. The summed E-state index contributed by atoms with van der Waals surface area (Å²) in [5.74, 6) is 0.438. The summed E-state index contributed by atoms with van der Waals surface area (Å²) < 4.78 is 0. The maximum Gasteiger partial charge on any atom is 0.315 e. The number of urea groups is 1. The number of carbonyl (C=O) groups excluding carboxylic acids is 1. The molecule has 3 N–H and O–H groups in total. The third-order valence-electron chi connectivity index (χ3n) is 5.38. The smallest absolute Gasteiger partial charge is 0.315 e. The second-order valence-corrected chi connectivity index (χ2v) is 6.94. The molecule has 0 aromatic rings. The molecule has 0 aromatic carbocycles. The standard InChI is InChI=1S/C15H27N3O2/c1-15(10-19,11-5-6-11)17-14(20)16-12-7-9-18-8-3-2-4-13(12)18/h11-13,19H,2-10H2,1H3,(H2,16,17,20). The topological polar surface area (TPSA) is 64.6 Å². The summed E-state index contributed by atoms with van der Waals surface area (Å²) in [7, 11) is 0. The van der Waals surface area contributed by atoms with E-state index in [-0.39, 0.29) is 18.7 Å². The van der Waals surface area contributed by atoms with Crippen molar-refractivity contribution in [3.63, 3.8) is 0 Å². The molecule has 1 saturated carbocycles. The lowest BCUT2D eigenvalue weighted by Crippen LogP contribution is -2.57. The molecule has 5 nitrogen and oxygen atoms in total. The minimum atomic E-state index is -0.449. The predicted molar refractivity (Wildman–Crippen MR) is 77.5 cm³/mol. The van der Waals surface area contributed by atoms with Gasteiger partial charge in [0.2, 0.25) is 0 Å². The molecule has 2 aliphatic heterocycles. The highest BCUT2D eigenvalue weighted by Crippen LogP contribution is 2.39. The van der Waals surface area contributed by atoms with Gasteiger partial charge in [-0.25, -0.2) is 4.79 Å². The molecule has 3 rings (SSSR count). The van der Waals surface area contributed by atoms with E-state index in [0.717, 1.165) is 25.8 Å². The maximum atomic E-state index is 12.2. The van der Waals surface area contributed by atoms with Gasteiger partial charge in [0.25, 0.3) is 0 Å². The number of rotatable bonds is 4. The molecule has 20 heavy (non-hydrogen) atoms. The number of nitrogens with zero attached hydrogens (tertiary/aromatic N) is 1. The van der Waals surface area contributed by atoms with Gasteiger partial charge < -0.3 is 15.7 Å². The SMILES string of the molecule is CC(CO)(NC(=O)NC1CCN2CCCCC12)C1CC1. The number of carbonyl (C=O) groups is 1. The summed E-state index contributed by atoms with van der Waals surface area (Å²) >= 11 is 0. The summed E-state index contributed by atoms with van der Waals surface area (Å²) in [4.78, 5) is 14.7. The Kier molecular flexibility index (Phi) is 3.91. The number of hydrogen-bond acceptors (Lipinski definition) is 3. The Morgan fingerprint density at radius 1 is 1.25 bits per heavy atom. The first kappa shape index (κ1) is 14.1. The lowest BCUT2D eigenvalue weighted by molar-refractivity contribution is 0.149. The largest absolute Gasteiger partial charge is 0.394 e. The molecule has 3 atom stereocenters. The van der Waals surface area contributed by atoms with Crippen LogP contribution in [-0.4, -0.2) is 53.4 Å². The molecule has 0 bridgehead atoms. The lowest BCUT2D eigenvalue weighted by Gasteiger charge is -2.34. The van der Waals surface area contributed by atoms with Crippen LogP contribution in [0.25, 0.3) is 0 Å². The van der Waals surface area contributed by atoms with Gasteiger partial charge in [0.05, 0.1) is 12.1 Å². The number of piperidine rings is 1. The van der Waals surface area contributed by atoms with Gasteiger partial charge in [0.15, 0.2) is 0 Å². The maximum absolute atomic E-state index is 12.2. The van der Waals surface area contributed by atoms with Gasteiger partial charge in [-0.2, -0.15) is 0 Å². The lowest BCUT2D eigenvalue weighted by atomic mass is 9.97. The van der Waals surface area contributed by atoms with E-state index in [0.29, 0.717) is 12.0 Å². The minimum absolute atomic E-state index is 0.0192. The van der Waals surface area contributed by atoms with Gasteiger partial charge in [-0.05, 0) is 51.5 Å². The normalized spacial score (nSPS) is 33.3. The molecule has 3 unspecified atom stereocenters. The summed E-state index contributed by atoms with van der Waals surface area (Å²) in [6.45, 7) is 4.26. The van der Waals surface area contributed by atoms with Crippen LogP contribution in [0.1, 0.15) is 45.4 Å². The van der Waals surface area contributed by atoms with Crippen molar-refractivity contribution in [1.82, 2.24) is 15.5 Å². The van der Waals surface area contributed by atoms with E-state index in [1.165, 1.54) is 25.8 Å². The Hall–Kier alpha value is -0.810. The van der Waals surface area contributed by atoms with Crippen molar-refractivity contribution in [3.05, 3.63) is 0 Å². The summed E-state index contributed by atoms with van der Waals surface area (Å²) in [6, 6.07) is 0.694. The van der Waals surface area contributed by atoms with Gasteiger partial charge in [0, 0.05) is 18.6 Å². The Balaban J connectivity index is 1.53. The number of fused-ring (bicyclic) bond motifs is 1. The Bertz CT molecular complexity index is 372. The van der Waals surface area contributed by atoms with Crippen molar-refractivity contribution >= 4 is 6.03 Å². The highest BCUT2D eigenvalue weighted by molar-refractivity contribution is 5.75. The van der Waals surface area contributed by atoms with E-state index in [1.54, 1.807) is 0 Å². The minimum Gasteiger partial charge on any atom is -0.394 e. The van der Waals surface area contributed by atoms with Crippen LogP contribution >= 0.6 is 0 Å². The fourth-order valence-electron chi connectivity index (χ4n) is 3.87. The second-order valence-electron chi connectivity index (χ2n) is 6.94. The zero-order chi connectivity index (χ0) is 14.2. The van der Waals surface area contributed by atoms with Crippen molar-refractivity contribution in [3.8, 4) is 0 Å². The Morgan fingerprint density at radius 3 is 2.75 bits per heavy atom. The third kappa shape index (κ3) is 2.79. The fourth-order valence-corrected chi connectivity index (χ4v) is 3.87. The van der Waals surface area contributed by atoms with Gasteiger partial charge in [-0.15, -0.1) is 0 Å². The second kappa shape index (κ2) is 5.53. The van der Waals surface area contributed by atoms with Gasteiger partial charge in [0.1, 0.15) is 0 Å². The van der Waals surface area contributed by atoms with Crippen LogP contribution in [0.5, 0.6) is 0 Å². The van der Waals surface area contributed by atoms with Crippen LogP contribution in [0, 0.1) is 5.92 Å². The summed E-state index contributed by atoms with van der Waals surface area (Å²) in [5.41, 5.74) is -0.449. The van der Waals surface area contributed by atoms with Crippen molar-refractivity contribution in [2.75, 3.05) is 19.7 Å². The highest BCUT2D eigenvalue weighted by atomic mass is 16.3. The van der Waals surface area contributed by atoms with Gasteiger partial charge >= 0.3 is 6.03 Å². The molecule has 1 aliphatic carbocycles. The van der Waals surface area contributed by atoms with E-state index in [9.17, 15) is 9.90 Å². The fraction of sp³-hybridized carbons (Fsp3) is 0.933. The number of aliphatic hydroxyl groups excluding tert-OH is 1. The van der Waals surface area contributed by atoms with E-state index in [2.05, 4.69) is 15.5 Å². The van der Waals surface area contributed by atoms with Gasteiger partial charge in [-0.1, -0.05) is 6.42 Å². The van der Waals surface area contributed by atoms with E-state index >= 15 is 0 Å². The molecule has 3 aliphatic rings. The molecular formula is C15H27N3O2. The zero-order valence-electron chi connectivity index (χ0n) is 12.4. The van der Waals surface area contributed by atoms with Crippen LogP contribution in [0.2, 0.25) is 0 Å². The predicted octanol–water partition coefficient (Wildman–Crippen LogP) is 1.07. The third-order valence-corrected chi connectivity index (χ3v) is 5.38. The summed E-state index contributed by atoms with van der Waals surface area (Å²) in [5, 5.41) is 15.7. The molecular weight excluding hydrogens is 254 g/mol. The van der Waals surface area contributed by atoms with Gasteiger partial charge in [-0.3, -0.25) is 4.90 Å². The van der Waals surface area contributed by atoms with Crippen molar-refractivity contribution in [1.29, 1.82) is 0 Å². The highest BCUT2D eigenvalue weighted by Gasteiger charge is 2.43. The van der Waals surface area contributed by atoms with E-state index in [4.69, 9.17) is 0 Å². The average molecular weight is 281 g/mol. The average Bonchev–Trinajstić information content (AvgIpc) is 3.23. The van der Waals surface area contributed by atoms with E-state index in [1.807, 2.05) is 6.92 Å². The molecule has 114 valence electrons. The molecule has 0 radical (unpaired) electrons. The summed E-state index contributed by atoms with van der Waals surface area (Å²) in [6.07, 6.45) is 7.04. The molecule has 0 spiro atoms. The number of aliphatic hydroxyl groups is 1. The number of nitrogens with one attached hydrogen (secondary N) is 2. The van der Waals surface area contributed by atoms with Crippen molar-refractivity contribution in [2.45, 2.75) is 63.1 Å². The van der Waals surface area contributed by atoms with Crippen LogP contribution in [-0.2, 0) is 0 Å². The molecule has 2 heterocycles. The molecule has 2 saturated heterocycles. The molecule has 0 aromatic heterocycles. The van der Waals surface area contributed by atoms with E-state index < -0.39 is 5.54 Å². The first-order valence-electron chi connectivity index (χ1n) is 8.06. The number of amides is 2. The van der Waals surface area contributed by atoms with Crippen molar-refractivity contribution in [2.24, 2.45) is 5.92 Å². The monoisotopic (exact) mass is 281 g/mol. The first-order valence-corrected chi connectivity index (χ1v) is 8.06. The Morgan fingerprint density at radius 2 is 2.05 bits per heavy atom. The van der Waals surface area contributed by atoms with Crippen molar-refractivity contribution < 1.29 is 9.90 Å². The molecule has 5 heteroatoms. The van der Waals surface area contributed by atoms with Crippen LogP contribution in [0.15, 0.2) is 0 Å². The first-order chi connectivity index (χ1) is 9.62. The molecule has 3 fully saturated rings. The van der Waals surface area contributed by atoms with Crippen LogP contribution < -0.4 is 10.6 Å². The molecule has 2 amide bonds. The Labute approximate surface area is 121 Å². The zero-order valence-corrected chi connectivity index (χ0v) is 12.4. The van der Waals surface area contributed by atoms with Crippen LogP contribution in [0.4, 0.5) is 4.79 Å². The van der Waals surface area contributed by atoms with Crippen LogP contribution in [0.3, 0.4) is 0 Å².